The smallest absolute Gasteiger partial charge is 0.220 e. The average molecular weight is 324 g/mol. The molecule has 0 spiro atoms. The van der Waals surface area contributed by atoms with E-state index >= 15 is 0 Å². The van der Waals surface area contributed by atoms with E-state index in [4.69, 9.17) is 5.73 Å². The van der Waals surface area contributed by atoms with E-state index in [1.807, 2.05) is 12.1 Å². The third-order valence-electron chi connectivity index (χ3n) is 4.22. The Kier molecular flexibility index (Phi) is 8.05. The van der Waals surface area contributed by atoms with E-state index in [9.17, 15) is 4.79 Å². The number of hydrogen-bond donors (Lipinski definition) is 2. The van der Waals surface area contributed by atoms with E-state index in [0.717, 1.165) is 32.1 Å². The summed E-state index contributed by atoms with van der Waals surface area (Å²) >= 11 is 0. The van der Waals surface area contributed by atoms with Crippen LogP contribution in [-0.2, 0) is 17.6 Å². The van der Waals surface area contributed by atoms with Crippen LogP contribution in [0.1, 0.15) is 36.8 Å². The molecule has 3 heteroatoms. The molecule has 2 aromatic carbocycles. The number of nitrogens with one attached hydrogen (secondary N) is 1. The van der Waals surface area contributed by atoms with Gasteiger partial charge in [0.1, 0.15) is 0 Å². The number of hydrogen-bond acceptors (Lipinski definition) is 2. The molecule has 0 heterocycles. The zero-order chi connectivity index (χ0) is 17.0. The first kappa shape index (κ1) is 18.2. The molecule has 0 aliphatic rings. The molecule has 0 saturated heterocycles. The Morgan fingerprint density at radius 3 is 1.83 bits per heavy atom. The minimum Gasteiger partial charge on any atom is -0.353 e. The number of amides is 1. The molecule has 1 amide bonds. The quantitative estimate of drug-likeness (QED) is 0.703. The lowest BCUT2D eigenvalue weighted by Crippen LogP contribution is -2.35. The number of nitrogens with two attached hydrogens (primary N) is 1. The van der Waals surface area contributed by atoms with Crippen molar-refractivity contribution < 1.29 is 4.79 Å². The summed E-state index contributed by atoms with van der Waals surface area (Å²) < 4.78 is 0. The molecule has 0 radical (unpaired) electrons. The second kappa shape index (κ2) is 10.6. The van der Waals surface area contributed by atoms with Gasteiger partial charge in [-0.1, -0.05) is 60.7 Å². The first-order valence-corrected chi connectivity index (χ1v) is 8.85. The largest absolute Gasteiger partial charge is 0.353 e. The highest BCUT2D eigenvalue weighted by Gasteiger charge is 2.12. The summed E-state index contributed by atoms with van der Waals surface area (Å²) in [5.74, 6) is 0.117. The Morgan fingerprint density at radius 2 is 1.38 bits per heavy atom. The normalized spacial score (nSPS) is 10.8. The maximum absolute atomic E-state index is 12.1. The van der Waals surface area contributed by atoms with Crippen LogP contribution in [0.2, 0.25) is 0 Å². The molecule has 0 bridgehead atoms. The van der Waals surface area contributed by atoms with Crippen LogP contribution in [0.25, 0.3) is 0 Å². The molecule has 2 rings (SSSR count). The van der Waals surface area contributed by atoms with Crippen LogP contribution in [0.3, 0.4) is 0 Å². The van der Waals surface area contributed by atoms with Crippen LogP contribution in [0.15, 0.2) is 60.7 Å². The van der Waals surface area contributed by atoms with Crippen molar-refractivity contribution in [3.63, 3.8) is 0 Å². The summed E-state index contributed by atoms with van der Waals surface area (Å²) in [4.78, 5) is 12.1. The molecule has 3 nitrogen and oxygen atoms in total. The molecule has 0 aliphatic carbocycles. The highest BCUT2D eigenvalue weighted by molar-refractivity contribution is 5.76. The summed E-state index contributed by atoms with van der Waals surface area (Å²) in [5, 5.41) is 3.20. The third-order valence-corrected chi connectivity index (χ3v) is 4.22. The Morgan fingerprint density at radius 1 is 0.875 bits per heavy atom. The molecular formula is C21H28N2O. The van der Waals surface area contributed by atoms with Crippen LogP contribution in [0, 0.1) is 0 Å². The lowest BCUT2D eigenvalue weighted by Gasteiger charge is -2.19. The van der Waals surface area contributed by atoms with Crippen molar-refractivity contribution >= 4 is 5.91 Å². The SMILES string of the molecule is NCCCC(=O)NC(CCc1ccccc1)CCc1ccccc1. The maximum atomic E-state index is 12.1. The molecular weight excluding hydrogens is 296 g/mol. The average Bonchev–Trinajstić information content (AvgIpc) is 2.64. The van der Waals surface area contributed by atoms with Gasteiger partial charge in [-0.3, -0.25) is 4.79 Å². The monoisotopic (exact) mass is 324 g/mol. The van der Waals surface area contributed by atoms with E-state index in [1.165, 1.54) is 11.1 Å². The van der Waals surface area contributed by atoms with Gasteiger partial charge in [0.15, 0.2) is 0 Å². The van der Waals surface area contributed by atoms with Gasteiger partial charge in [0, 0.05) is 12.5 Å². The van der Waals surface area contributed by atoms with Gasteiger partial charge in [0.05, 0.1) is 0 Å². The Hall–Kier alpha value is -2.13. The van der Waals surface area contributed by atoms with E-state index in [-0.39, 0.29) is 11.9 Å². The summed E-state index contributed by atoms with van der Waals surface area (Å²) in [7, 11) is 0. The maximum Gasteiger partial charge on any atom is 0.220 e. The molecule has 0 fully saturated rings. The van der Waals surface area contributed by atoms with Gasteiger partial charge < -0.3 is 11.1 Å². The van der Waals surface area contributed by atoms with Crippen LogP contribution >= 0.6 is 0 Å². The number of rotatable bonds is 10. The fraction of sp³-hybridized carbons (Fsp3) is 0.381. The van der Waals surface area contributed by atoms with Crippen LogP contribution < -0.4 is 11.1 Å². The minimum absolute atomic E-state index is 0.117. The van der Waals surface area contributed by atoms with Gasteiger partial charge >= 0.3 is 0 Å². The number of carbonyl (C=O) groups excluding carboxylic acids is 1. The lowest BCUT2D eigenvalue weighted by atomic mass is 9.99. The molecule has 0 aliphatic heterocycles. The molecule has 0 atom stereocenters. The predicted molar refractivity (Wildman–Crippen MR) is 99.7 cm³/mol. The Balaban J connectivity index is 1.88. The molecule has 3 N–H and O–H groups in total. The Bertz CT molecular complexity index is 540. The molecule has 24 heavy (non-hydrogen) atoms. The van der Waals surface area contributed by atoms with Gasteiger partial charge in [-0.05, 0) is 49.8 Å². The molecule has 2 aromatic rings. The molecule has 0 aromatic heterocycles. The van der Waals surface area contributed by atoms with E-state index in [2.05, 4.69) is 53.8 Å². The van der Waals surface area contributed by atoms with Gasteiger partial charge in [-0.15, -0.1) is 0 Å². The topological polar surface area (TPSA) is 55.1 Å². The van der Waals surface area contributed by atoms with Gasteiger partial charge in [-0.25, -0.2) is 0 Å². The summed E-state index contributed by atoms with van der Waals surface area (Å²) in [6.07, 6.45) is 5.16. The van der Waals surface area contributed by atoms with Crippen molar-refractivity contribution in [3.05, 3.63) is 71.8 Å². The van der Waals surface area contributed by atoms with Crippen LogP contribution in [-0.4, -0.2) is 18.5 Å². The van der Waals surface area contributed by atoms with Gasteiger partial charge in [0.2, 0.25) is 5.91 Å². The van der Waals surface area contributed by atoms with E-state index in [1.54, 1.807) is 0 Å². The highest BCUT2D eigenvalue weighted by Crippen LogP contribution is 2.11. The molecule has 0 saturated carbocycles. The third kappa shape index (κ3) is 6.97. The van der Waals surface area contributed by atoms with Crippen molar-refractivity contribution in [2.24, 2.45) is 5.73 Å². The molecule has 128 valence electrons. The van der Waals surface area contributed by atoms with E-state index < -0.39 is 0 Å². The van der Waals surface area contributed by atoms with Crippen molar-refractivity contribution in [2.45, 2.75) is 44.6 Å². The number of aryl methyl sites for hydroxylation is 2. The number of carbonyl (C=O) groups is 1. The van der Waals surface area contributed by atoms with Crippen molar-refractivity contribution in [1.82, 2.24) is 5.32 Å². The predicted octanol–water partition coefficient (Wildman–Crippen LogP) is 3.48. The molecule has 0 unspecified atom stereocenters. The standard InChI is InChI=1S/C21H28N2O/c22-17-7-12-21(24)23-20(15-13-18-8-3-1-4-9-18)16-14-19-10-5-2-6-11-19/h1-6,8-11,20H,7,12-17,22H2,(H,23,24). The second-order valence-electron chi connectivity index (χ2n) is 6.21. The summed E-state index contributed by atoms with van der Waals surface area (Å²) in [5.41, 5.74) is 8.13. The van der Waals surface area contributed by atoms with Crippen LogP contribution in [0.4, 0.5) is 0 Å². The zero-order valence-corrected chi connectivity index (χ0v) is 14.3. The minimum atomic E-state index is 0.117. The van der Waals surface area contributed by atoms with Crippen molar-refractivity contribution in [2.75, 3.05) is 6.54 Å². The highest BCUT2D eigenvalue weighted by atomic mass is 16.1. The van der Waals surface area contributed by atoms with Gasteiger partial charge in [-0.2, -0.15) is 0 Å². The fourth-order valence-corrected chi connectivity index (χ4v) is 2.82. The second-order valence-corrected chi connectivity index (χ2v) is 6.21. The van der Waals surface area contributed by atoms with Crippen LogP contribution in [0.5, 0.6) is 0 Å². The van der Waals surface area contributed by atoms with Crippen molar-refractivity contribution in [3.8, 4) is 0 Å². The summed E-state index contributed by atoms with van der Waals surface area (Å²) in [6.45, 7) is 0.562. The van der Waals surface area contributed by atoms with Crippen molar-refractivity contribution in [1.29, 1.82) is 0 Å². The first-order valence-electron chi connectivity index (χ1n) is 8.85. The first-order chi connectivity index (χ1) is 11.8. The Labute approximate surface area is 145 Å². The zero-order valence-electron chi connectivity index (χ0n) is 14.3. The fourth-order valence-electron chi connectivity index (χ4n) is 2.82. The number of benzene rings is 2. The lowest BCUT2D eigenvalue weighted by molar-refractivity contribution is -0.121. The summed E-state index contributed by atoms with van der Waals surface area (Å²) in [6, 6.07) is 21.1. The van der Waals surface area contributed by atoms with E-state index in [0.29, 0.717) is 13.0 Å². The van der Waals surface area contributed by atoms with Gasteiger partial charge in [0.25, 0.3) is 0 Å².